The third kappa shape index (κ3) is 45.6. The Kier molecular flexibility index (Phi) is 48.1. The van der Waals surface area contributed by atoms with Gasteiger partial charge >= 0.3 is 5.97 Å². The van der Waals surface area contributed by atoms with E-state index in [1.54, 1.807) is 0 Å². The summed E-state index contributed by atoms with van der Waals surface area (Å²) in [5, 5.41) is 23.1. The summed E-state index contributed by atoms with van der Waals surface area (Å²) in [7, 11) is 0. The van der Waals surface area contributed by atoms with Crippen LogP contribution in [-0.2, 0) is 14.3 Å². The first-order valence-electron chi connectivity index (χ1n) is 26.2. The second-order valence-electron chi connectivity index (χ2n) is 17.8. The molecule has 0 aromatic rings. The van der Waals surface area contributed by atoms with Crippen LogP contribution in [0.2, 0.25) is 0 Å². The molecule has 0 aliphatic rings. The van der Waals surface area contributed by atoms with E-state index in [4.69, 9.17) is 4.74 Å². The smallest absolute Gasteiger partial charge is 0.305 e. The first kappa shape index (κ1) is 58.1. The Morgan fingerprint density at radius 1 is 0.467 bits per heavy atom. The molecule has 6 heteroatoms. The van der Waals surface area contributed by atoms with E-state index in [1.807, 2.05) is 6.08 Å². The van der Waals surface area contributed by atoms with Gasteiger partial charge in [0, 0.05) is 12.8 Å². The number of ether oxygens (including phenoxy) is 1. The molecule has 0 aromatic heterocycles. The number of aliphatic hydroxyl groups excluding tert-OH is 2. The summed E-state index contributed by atoms with van der Waals surface area (Å²) >= 11 is 0. The Morgan fingerprint density at radius 3 is 1.32 bits per heavy atom. The van der Waals surface area contributed by atoms with Crippen molar-refractivity contribution in [3.05, 3.63) is 36.5 Å². The van der Waals surface area contributed by atoms with Crippen LogP contribution in [0.15, 0.2) is 36.5 Å². The topological polar surface area (TPSA) is 95.9 Å². The third-order valence-electron chi connectivity index (χ3n) is 11.9. The molecule has 0 aromatic carbocycles. The van der Waals surface area contributed by atoms with Crippen LogP contribution in [0, 0.1) is 0 Å². The fourth-order valence-corrected chi connectivity index (χ4v) is 7.86. The lowest BCUT2D eigenvalue weighted by Crippen LogP contribution is -2.45. The van der Waals surface area contributed by atoms with Crippen molar-refractivity contribution in [3.63, 3.8) is 0 Å². The number of nitrogens with one attached hydrogen (secondary N) is 1. The molecule has 352 valence electrons. The van der Waals surface area contributed by atoms with Gasteiger partial charge in [0.15, 0.2) is 0 Å². The average Bonchev–Trinajstić information content (AvgIpc) is 3.25. The highest BCUT2D eigenvalue weighted by molar-refractivity contribution is 5.76. The number of esters is 1. The van der Waals surface area contributed by atoms with E-state index < -0.39 is 12.1 Å². The molecule has 2 unspecified atom stereocenters. The van der Waals surface area contributed by atoms with Crippen LogP contribution in [0.25, 0.3) is 0 Å². The van der Waals surface area contributed by atoms with E-state index in [9.17, 15) is 19.8 Å². The molecular weight excluding hydrogens is 743 g/mol. The molecule has 0 spiro atoms. The van der Waals surface area contributed by atoms with Crippen molar-refractivity contribution in [1.29, 1.82) is 0 Å². The van der Waals surface area contributed by atoms with Gasteiger partial charge in [0.25, 0.3) is 0 Å². The normalized spacial score (nSPS) is 12.9. The van der Waals surface area contributed by atoms with Gasteiger partial charge in [0.1, 0.15) is 0 Å². The van der Waals surface area contributed by atoms with Crippen LogP contribution in [0.1, 0.15) is 271 Å². The highest BCUT2D eigenvalue weighted by Gasteiger charge is 2.19. The van der Waals surface area contributed by atoms with Crippen LogP contribution in [0.4, 0.5) is 0 Å². The summed E-state index contributed by atoms with van der Waals surface area (Å²) in [6.45, 7) is 4.88. The van der Waals surface area contributed by atoms with Gasteiger partial charge in [-0.3, -0.25) is 9.59 Å². The maximum absolute atomic E-state index is 12.4. The van der Waals surface area contributed by atoms with Crippen LogP contribution in [0.3, 0.4) is 0 Å². The second-order valence-corrected chi connectivity index (χ2v) is 17.8. The van der Waals surface area contributed by atoms with Gasteiger partial charge in [-0.15, -0.1) is 0 Å². The first-order chi connectivity index (χ1) is 29.5. The largest absolute Gasteiger partial charge is 0.466 e. The summed E-state index contributed by atoms with van der Waals surface area (Å²) in [6, 6.07) is -0.585. The van der Waals surface area contributed by atoms with E-state index in [0.717, 1.165) is 51.4 Å². The predicted molar refractivity (Wildman–Crippen MR) is 259 cm³/mol. The van der Waals surface area contributed by atoms with E-state index in [2.05, 4.69) is 49.5 Å². The zero-order valence-electron chi connectivity index (χ0n) is 39.9. The molecule has 0 saturated carbocycles. The third-order valence-corrected chi connectivity index (χ3v) is 11.9. The number of rotatable bonds is 48. The molecular formula is C54H101NO5. The van der Waals surface area contributed by atoms with Crippen LogP contribution in [0.5, 0.6) is 0 Å². The average molecular weight is 844 g/mol. The Morgan fingerprint density at radius 2 is 0.850 bits per heavy atom. The number of amides is 1. The lowest BCUT2D eigenvalue weighted by atomic mass is 10.0. The number of aliphatic hydroxyl groups is 2. The molecule has 0 aliphatic heterocycles. The van der Waals surface area contributed by atoms with E-state index in [0.29, 0.717) is 32.3 Å². The van der Waals surface area contributed by atoms with Gasteiger partial charge in [0.2, 0.25) is 5.91 Å². The van der Waals surface area contributed by atoms with E-state index in [-0.39, 0.29) is 18.5 Å². The van der Waals surface area contributed by atoms with Crippen molar-refractivity contribution in [2.24, 2.45) is 0 Å². The minimum Gasteiger partial charge on any atom is -0.466 e. The maximum atomic E-state index is 12.4. The molecule has 0 heterocycles. The monoisotopic (exact) mass is 844 g/mol. The molecule has 0 bridgehead atoms. The van der Waals surface area contributed by atoms with Gasteiger partial charge in [-0.2, -0.15) is 0 Å². The molecule has 0 rings (SSSR count). The quantitative estimate of drug-likeness (QED) is 0.0322. The Hall–Kier alpha value is -1.92. The fourth-order valence-electron chi connectivity index (χ4n) is 7.86. The zero-order valence-corrected chi connectivity index (χ0v) is 39.9. The second kappa shape index (κ2) is 49.7. The summed E-state index contributed by atoms with van der Waals surface area (Å²) in [5.74, 6) is -0.141. The van der Waals surface area contributed by atoms with Crippen LogP contribution >= 0.6 is 0 Å². The molecule has 60 heavy (non-hydrogen) atoms. The summed E-state index contributed by atoms with van der Waals surface area (Å²) in [6.07, 6.45) is 59.8. The number of carbonyl (C=O) groups excluding carboxylic acids is 2. The minimum atomic E-state index is -0.699. The summed E-state index contributed by atoms with van der Waals surface area (Å²) in [4.78, 5) is 24.4. The lowest BCUT2D eigenvalue weighted by Gasteiger charge is -2.22. The number of unbranched alkanes of at least 4 members (excludes halogenated alkanes) is 31. The molecule has 1 amide bonds. The SMILES string of the molecule is CCCCCCCC/C=C\CCCCCCCC(=O)OCCCCCCCC/C=C\C/C=C\CCC(=O)NC(CO)C(O)CCCCCCCCCCCCCCCCC. The summed E-state index contributed by atoms with van der Waals surface area (Å²) in [5.41, 5.74) is 0. The number of allylic oxidation sites excluding steroid dienone is 6. The molecule has 0 saturated heterocycles. The fraction of sp³-hybridized carbons (Fsp3) is 0.852. The van der Waals surface area contributed by atoms with Crippen molar-refractivity contribution in [2.75, 3.05) is 13.2 Å². The van der Waals surface area contributed by atoms with Crippen LogP contribution in [-0.4, -0.2) is 47.4 Å². The van der Waals surface area contributed by atoms with Crippen molar-refractivity contribution >= 4 is 11.9 Å². The maximum Gasteiger partial charge on any atom is 0.305 e. The Labute approximate surface area is 373 Å². The van der Waals surface area contributed by atoms with Gasteiger partial charge in [-0.25, -0.2) is 0 Å². The molecule has 3 N–H and O–H groups in total. The molecule has 0 radical (unpaired) electrons. The van der Waals surface area contributed by atoms with Crippen LogP contribution < -0.4 is 5.32 Å². The van der Waals surface area contributed by atoms with Crippen molar-refractivity contribution < 1.29 is 24.5 Å². The Balaban J connectivity index is 3.56. The van der Waals surface area contributed by atoms with Crippen molar-refractivity contribution in [2.45, 2.75) is 283 Å². The number of hydrogen-bond donors (Lipinski definition) is 3. The van der Waals surface area contributed by atoms with Crippen molar-refractivity contribution in [1.82, 2.24) is 5.32 Å². The highest BCUT2D eigenvalue weighted by atomic mass is 16.5. The first-order valence-corrected chi connectivity index (χ1v) is 26.2. The standard InChI is InChI=1S/C54H101NO5/c1-3-5-7-9-11-13-15-17-19-22-26-30-34-38-42-46-52(57)51(50-56)55-53(58)47-43-39-35-31-27-23-21-25-29-33-37-41-45-49-60-54(59)48-44-40-36-32-28-24-20-18-16-14-12-10-8-6-4-2/h18,20,23,27,35,39,51-52,56-57H,3-17,19,21-22,24-26,28-34,36-38,40-50H2,1-2H3,(H,55,58)/b20-18-,27-23-,39-35-. The lowest BCUT2D eigenvalue weighted by molar-refractivity contribution is -0.143. The number of carbonyl (C=O) groups is 2. The Bertz CT molecular complexity index is 977. The molecule has 2 atom stereocenters. The minimum absolute atomic E-state index is 0.0253. The van der Waals surface area contributed by atoms with Gasteiger partial charge in [-0.1, -0.05) is 224 Å². The van der Waals surface area contributed by atoms with E-state index in [1.165, 1.54) is 180 Å². The summed E-state index contributed by atoms with van der Waals surface area (Å²) < 4.78 is 5.45. The number of hydrogen-bond acceptors (Lipinski definition) is 5. The van der Waals surface area contributed by atoms with Gasteiger partial charge < -0.3 is 20.3 Å². The van der Waals surface area contributed by atoms with Crippen molar-refractivity contribution in [3.8, 4) is 0 Å². The van der Waals surface area contributed by atoms with Gasteiger partial charge in [-0.05, 0) is 70.6 Å². The molecule has 0 aliphatic carbocycles. The highest BCUT2D eigenvalue weighted by Crippen LogP contribution is 2.16. The van der Waals surface area contributed by atoms with Gasteiger partial charge in [0.05, 0.1) is 25.4 Å². The zero-order chi connectivity index (χ0) is 43.7. The molecule has 6 nitrogen and oxygen atoms in total. The van der Waals surface area contributed by atoms with E-state index >= 15 is 0 Å². The predicted octanol–water partition coefficient (Wildman–Crippen LogP) is 15.7. The molecule has 0 fully saturated rings.